The van der Waals surface area contributed by atoms with Gasteiger partial charge in [0.05, 0.1) is 0 Å². The second-order valence-electron chi connectivity index (χ2n) is 5.57. The lowest BCUT2D eigenvalue weighted by molar-refractivity contribution is 0.0116. The Kier molecular flexibility index (Phi) is 6.00. The highest BCUT2D eigenvalue weighted by molar-refractivity contribution is 9.10. The van der Waals surface area contributed by atoms with Crippen LogP contribution in [0.3, 0.4) is 0 Å². The standard InChI is InChI=1S/C14H20BrNO5/c1-14(2,3)21-13(20)16-7-10(18)12(19)11-8(15)5-4-6-9(11)17/h4-6,10,12,17-19H,7H2,1-3H3,(H,16,20). The summed E-state index contributed by atoms with van der Waals surface area (Å²) in [5.74, 6) is -0.145. The highest BCUT2D eigenvalue weighted by Crippen LogP contribution is 2.33. The van der Waals surface area contributed by atoms with Gasteiger partial charge in [-0.25, -0.2) is 4.79 Å². The van der Waals surface area contributed by atoms with Crippen molar-refractivity contribution in [2.45, 2.75) is 38.6 Å². The summed E-state index contributed by atoms with van der Waals surface area (Å²) in [5, 5.41) is 32.1. The van der Waals surface area contributed by atoms with Gasteiger partial charge in [0.2, 0.25) is 0 Å². The van der Waals surface area contributed by atoms with Crippen molar-refractivity contribution in [2.75, 3.05) is 6.54 Å². The highest BCUT2D eigenvalue weighted by atomic mass is 79.9. The van der Waals surface area contributed by atoms with Gasteiger partial charge < -0.3 is 25.4 Å². The third-order valence-corrected chi connectivity index (χ3v) is 3.24. The maximum absolute atomic E-state index is 11.5. The van der Waals surface area contributed by atoms with E-state index < -0.39 is 23.9 Å². The van der Waals surface area contributed by atoms with E-state index in [-0.39, 0.29) is 17.9 Å². The Morgan fingerprint density at radius 1 is 1.38 bits per heavy atom. The van der Waals surface area contributed by atoms with Crippen LogP contribution in [0.25, 0.3) is 0 Å². The summed E-state index contributed by atoms with van der Waals surface area (Å²) >= 11 is 3.19. The van der Waals surface area contributed by atoms with Crippen LogP contribution in [0, 0.1) is 0 Å². The predicted octanol–water partition coefficient (Wildman–Crippen LogP) is 2.07. The molecule has 0 saturated carbocycles. The molecule has 118 valence electrons. The van der Waals surface area contributed by atoms with Gasteiger partial charge in [-0.15, -0.1) is 0 Å². The molecule has 6 nitrogen and oxygen atoms in total. The molecule has 0 saturated heterocycles. The minimum Gasteiger partial charge on any atom is -0.508 e. The van der Waals surface area contributed by atoms with E-state index in [1.807, 2.05) is 0 Å². The molecule has 0 aliphatic rings. The van der Waals surface area contributed by atoms with E-state index in [1.165, 1.54) is 6.07 Å². The molecular weight excluding hydrogens is 342 g/mol. The minimum absolute atomic E-state index is 0.145. The topological polar surface area (TPSA) is 99.0 Å². The second-order valence-corrected chi connectivity index (χ2v) is 6.42. The number of phenols is 1. The summed E-state index contributed by atoms with van der Waals surface area (Å²) in [5.41, 5.74) is -0.482. The lowest BCUT2D eigenvalue weighted by Crippen LogP contribution is -2.38. The van der Waals surface area contributed by atoms with Crippen molar-refractivity contribution < 1.29 is 24.9 Å². The first-order chi connectivity index (χ1) is 9.61. The first-order valence-electron chi connectivity index (χ1n) is 6.42. The lowest BCUT2D eigenvalue weighted by atomic mass is 10.0. The zero-order valence-corrected chi connectivity index (χ0v) is 13.7. The number of carbonyl (C=O) groups excluding carboxylic acids is 1. The number of nitrogens with one attached hydrogen (secondary N) is 1. The van der Waals surface area contributed by atoms with Crippen molar-refractivity contribution >= 4 is 22.0 Å². The lowest BCUT2D eigenvalue weighted by Gasteiger charge is -2.23. The number of hydrogen-bond donors (Lipinski definition) is 4. The molecule has 0 aliphatic carbocycles. The van der Waals surface area contributed by atoms with Crippen LogP contribution in [0.2, 0.25) is 0 Å². The van der Waals surface area contributed by atoms with E-state index in [4.69, 9.17) is 4.74 Å². The van der Waals surface area contributed by atoms with E-state index in [9.17, 15) is 20.1 Å². The summed E-state index contributed by atoms with van der Waals surface area (Å²) in [6, 6.07) is 4.63. The molecule has 0 radical (unpaired) electrons. The van der Waals surface area contributed by atoms with Gasteiger partial charge in [-0.3, -0.25) is 0 Å². The Labute approximate surface area is 131 Å². The van der Waals surface area contributed by atoms with Gasteiger partial charge in [0, 0.05) is 16.6 Å². The maximum Gasteiger partial charge on any atom is 0.407 e. The monoisotopic (exact) mass is 361 g/mol. The molecule has 1 rings (SSSR count). The van der Waals surface area contributed by atoms with Crippen LogP contribution < -0.4 is 5.32 Å². The number of aliphatic hydroxyl groups is 2. The van der Waals surface area contributed by atoms with Crippen molar-refractivity contribution in [3.05, 3.63) is 28.2 Å². The zero-order valence-electron chi connectivity index (χ0n) is 12.1. The van der Waals surface area contributed by atoms with Crippen LogP contribution in [0.5, 0.6) is 5.75 Å². The van der Waals surface area contributed by atoms with Gasteiger partial charge in [0.25, 0.3) is 0 Å². The number of aromatic hydroxyl groups is 1. The molecule has 2 unspecified atom stereocenters. The number of carbonyl (C=O) groups is 1. The third kappa shape index (κ3) is 5.53. The Balaban J connectivity index is 2.63. The molecule has 0 fully saturated rings. The van der Waals surface area contributed by atoms with E-state index >= 15 is 0 Å². The number of aliphatic hydroxyl groups excluding tert-OH is 2. The van der Waals surface area contributed by atoms with Crippen LogP contribution in [-0.4, -0.2) is 39.7 Å². The first-order valence-corrected chi connectivity index (χ1v) is 7.21. The number of benzene rings is 1. The Morgan fingerprint density at radius 3 is 2.52 bits per heavy atom. The van der Waals surface area contributed by atoms with E-state index in [2.05, 4.69) is 21.2 Å². The SMILES string of the molecule is CC(C)(C)OC(=O)NCC(O)C(O)c1c(O)cccc1Br. The summed E-state index contributed by atoms with van der Waals surface area (Å²) in [6.07, 6.45) is -3.33. The molecule has 0 aliphatic heterocycles. The second kappa shape index (κ2) is 7.11. The molecule has 0 bridgehead atoms. The average Bonchev–Trinajstić information content (AvgIpc) is 2.33. The van der Waals surface area contributed by atoms with Crippen molar-refractivity contribution in [1.29, 1.82) is 0 Å². The minimum atomic E-state index is -1.35. The molecular formula is C14H20BrNO5. The van der Waals surface area contributed by atoms with Gasteiger partial charge in [0.15, 0.2) is 0 Å². The highest BCUT2D eigenvalue weighted by Gasteiger charge is 2.25. The molecule has 0 aromatic heterocycles. The maximum atomic E-state index is 11.5. The number of ether oxygens (including phenoxy) is 1. The molecule has 7 heteroatoms. The molecule has 21 heavy (non-hydrogen) atoms. The number of halogens is 1. The fourth-order valence-corrected chi connectivity index (χ4v) is 2.21. The van der Waals surface area contributed by atoms with E-state index in [0.29, 0.717) is 4.47 Å². The molecule has 1 amide bonds. The Bertz CT molecular complexity index is 480. The number of phenolic OH excluding ortho intramolecular Hbond substituents is 1. The summed E-state index contributed by atoms with van der Waals surface area (Å²) in [4.78, 5) is 11.5. The number of amides is 1. The number of hydrogen-bond acceptors (Lipinski definition) is 5. The third-order valence-electron chi connectivity index (χ3n) is 2.54. The Morgan fingerprint density at radius 2 is 2.00 bits per heavy atom. The fourth-order valence-electron chi connectivity index (χ4n) is 1.62. The van der Waals surface area contributed by atoms with Crippen LogP contribution in [-0.2, 0) is 4.74 Å². The summed E-state index contributed by atoms with van der Waals surface area (Å²) < 4.78 is 5.48. The number of rotatable bonds is 4. The molecule has 0 spiro atoms. The normalized spacial score (nSPS) is 14.4. The molecule has 1 aromatic rings. The fraction of sp³-hybridized carbons (Fsp3) is 0.500. The summed E-state index contributed by atoms with van der Waals surface area (Å²) in [6.45, 7) is 4.95. The molecule has 1 aromatic carbocycles. The zero-order chi connectivity index (χ0) is 16.2. The quantitative estimate of drug-likeness (QED) is 0.657. The smallest absolute Gasteiger partial charge is 0.407 e. The van der Waals surface area contributed by atoms with Crippen LogP contribution in [0.4, 0.5) is 4.79 Å². The van der Waals surface area contributed by atoms with Crippen molar-refractivity contribution in [1.82, 2.24) is 5.32 Å². The van der Waals surface area contributed by atoms with Crippen molar-refractivity contribution in [3.63, 3.8) is 0 Å². The molecule has 0 heterocycles. The summed E-state index contributed by atoms with van der Waals surface area (Å²) in [7, 11) is 0. The van der Waals surface area contributed by atoms with Gasteiger partial charge >= 0.3 is 6.09 Å². The Hall–Kier alpha value is -1.31. The molecule has 4 N–H and O–H groups in total. The van der Waals surface area contributed by atoms with E-state index in [1.54, 1.807) is 32.9 Å². The van der Waals surface area contributed by atoms with Gasteiger partial charge in [-0.2, -0.15) is 0 Å². The largest absolute Gasteiger partial charge is 0.508 e. The number of alkyl carbamates (subject to hydrolysis) is 1. The van der Waals surface area contributed by atoms with Gasteiger partial charge in [0.1, 0.15) is 23.6 Å². The van der Waals surface area contributed by atoms with Crippen molar-refractivity contribution in [2.24, 2.45) is 0 Å². The van der Waals surface area contributed by atoms with Gasteiger partial charge in [-0.05, 0) is 32.9 Å². The van der Waals surface area contributed by atoms with Crippen LogP contribution >= 0.6 is 15.9 Å². The average molecular weight is 362 g/mol. The molecule has 2 atom stereocenters. The van der Waals surface area contributed by atoms with Crippen LogP contribution in [0.15, 0.2) is 22.7 Å². The van der Waals surface area contributed by atoms with Crippen molar-refractivity contribution in [3.8, 4) is 5.75 Å². The predicted molar refractivity (Wildman–Crippen MR) is 81.0 cm³/mol. The van der Waals surface area contributed by atoms with Gasteiger partial charge in [-0.1, -0.05) is 22.0 Å². The van der Waals surface area contributed by atoms with E-state index in [0.717, 1.165) is 0 Å². The first kappa shape index (κ1) is 17.7. The van der Waals surface area contributed by atoms with Crippen LogP contribution in [0.1, 0.15) is 32.4 Å².